The first-order chi connectivity index (χ1) is 16.9. The van der Waals surface area contributed by atoms with E-state index in [0.29, 0.717) is 0 Å². The van der Waals surface area contributed by atoms with E-state index in [2.05, 4.69) is 55.3 Å². The summed E-state index contributed by atoms with van der Waals surface area (Å²) in [6.07, 6.45) is 2.13. The average molecular weight is 596 g/mol. The van der Waals surface area contributed by atoms with Crippen LogP contribution in [-0.2, 0) is 47.2 Å². The van der Waals surface area contributed by atoms with Crippen LogP contribution in [0, 0.1) is 0 Å². The largest absolute Gasteiger partial charge is 0.664 e. The summed E-state index contributed by atoms with van der Waals surface area (Å²) in [6, 6.07) is 9.17. The molecule has 2 fully saturated rings. The molecule has 8 nitrogen and oxygen atoms in total. The monoisotopic (exact) mass is 594 g/mol. The van der Waals surface area contributed by atoms with E-state index in [9.17, 15) is 0 Å². The Balaban J connectivity index is 0.00000324. The van der Waals surface area contributed by atoms with Crippen molar-refractivity contribution in [2.24, 2.45) is 0 Å². The van der Waals surface area contributed by atoms with E-state index in [1.807, 2.05) is 0 Å². The van der Waals surface area contributed by atoms with Crippen LogP contribution in [0.5, 0.6) is 0 Å². The predicted molar refractivity (Wildman–Crippen MR) is 145 cm³/mol. The van der Waals surface area contributed by atoms with Crippen molar-refractivity contribution in [3.63, 3.8) is 0 Å². The second kappa shape index (κ2) is 22.9. The summed E-state index contributed by atoms with van der Waals surface area (Å²) in [5.41, 5.74) is 2.73. The minimum Gasteiger partial charge on any atom is -0.664 e. The van der Waals surface area contributed by atoms with E-state index in [4.69, 9.17) is 10.6 Å². The van der Waals surface area contributed by atoms with Gasteiger partial charge in [-0.2, -0.15) is 52.4 Å². The molecule has 2 aliphatic rings. The van der Waals surface area contributed by atoms with Gasteiger partial charge in [0.05, 0.1) is 0 Å². The molecular formula is C26H44Cu2N8-6. The molecule has 2 heterocycles. The summed E-state index contributed by atoms with van der Waals surface area (Å²) in [5, 5.41) is 27.7. The maximum absolute atomic E-state index is 4.69. The molecule has 0 aromatic heterocycles. The zero-order valence-corrected chi connectivity index (χ0v) is 23.5. The summed E-state index contributed by atoms with van der Waals surface area (Å²) in [7, 11) is 0. The fraction of sp³-hybridized carbons (Fsp3) is 0.769. The van der Waals surface area contributed by atoms with Gasteiger partial charge in [-0.25, -0.2) is 0 Å². The maximum Gasteiger partial charge on any atom is 0.0232 e. The van der Waals surface area contributed by atoms with Crippen molar-refractivity contribution in [2.45, 2.75) is 25.9 Å². The molecule has 0 saturated carbocycles. The maximum atomic E-state index is 4.69. The van der Waals surface area contributed by atoms with Gasteiger partial charge in [-0.15, -0.1) is 26.2 Å². The molecule has 10 heteroatoms. The van der Waals surface area contributed by atoms with E-state index in [1.165, 1.54) is 11.1 Å². The van der Waals surface area contributed by atoms with Crippen molar-refractivity contribution in [3.05, 3.63) is 67.3 Å². The van der Waals surface area contributed by atoms with Crippen molar-refractivity contribution in [2.75, 3.05) is 105 Å². The van der Waals surface area contributed by atoms with Crippen LogP contribution in [0.1, 0.15) is 24.0 Å². The van der Waals surface area contributed by atoms with E-state index < -0.39 is 0 Å². The summed E-state index contributed by atoms with van der Waals surface area (Å²) < 4.78 is 0. The number of hydrogen-bond acceptors (Lipinski definition) is 2. The molecule has 36 heavy (non-hydrogen) atoms. The molecule has 0 atom stereocenters. The summed E-state index contributed by atoms with van der Waals surface area (Å²) in [4.78, 5) is 4.98. The molecule has 0 N–H and O–H groups in total. The molecule has 0 unspecified atom stereocenters. The summed E-state index contributed by atoms with van der Waals surface area (Å²) in [5.74, 6) is 0. The standard InChI is InChI=1S/C26H44N8.2Cu/c1-7-27-11-13-31-17-21-33(19-15-29-9-1)23-25-3-5-26(6-4-25)24-34-20-16-30-10-2-8-28-12-14-32-18-22-34;;/h3-6H,1-2,7-24H2;;/q-6;;. The first-order valence-corrected chi connectivity index (χ1v) is 13.2. The van der Waals surface area contributed by atoms with Crippen molar-refractivity contribution in [1.82, 2.24) is 9.80 Å². The van der Waals surface area contributed by atoms with E-state index >= 15 is 0 Å². The fourth-order valence-electron chi connectivity index (χ4n) is 4.20. The Morgan fingerprint density at radius 2 is 0.694 bits per heavy atom. The molecule has 216 valence electrons. The molecule has 0 aliphatic carbocycles. The molecule has 0 bridgehead atoms. The fourth-order valence-corrected chi connectivity index (χ4v) is 4.20. The van der Waals surface area contributed by atoms with Gasteiger partial charge in [0, 0.05) is 47.2 Å². The Morgan fingerprint density at radius 1 is 0.417 bits per heavy atom. The topological polar surface area (TPSA) is 91.1 Å². The van der Waals surface area contributed by atoms with Crippen LogP contribution < -0.4 is 0 Å². The summed E-state index contributed by atoms with van der Waals surface area (Å²) in [6.45, 7) is 16.6. The Kier molecular flexibility index (Phi) is 21.6. The minimum absolute atomic E-state index is 0. The van der Waals surface area contributed by atoms with Gasteiger partial charge in [-0.3, -0.25) is 0 Å². The molecule has 1 aromatic carbocycles. The Morgan fingerprint density at radius 3 is 1.03 bits per heavy atom. The first-order valence-electron chi connectivity index (χ1n) is 13.2. The second-order valence-corrected chi connectivity index (χ2v) is 9.10. The summed E-state index contributed by atoms with van der Waals surface area (Å²) >= 11 is 0. The number of hydrogen-bond donors (Lipinski definition) is 0. The van der Waals surface area contributed by atoms with Crippen molar-refractivity contribution in [3.8, 4) is 0 Å². The third kappa shape index (κ3) is 16.0. The molecule has 2 saturated heterocycles. The van der Waals surface area contributed by atoms with Crippen LogP contribution in [0.4, 0.5) is 0 Å². The third-order valence-corrected chi connectivity index (χ3v) is 6.23. The first kappa shape index (κ1) is 34.0. The zero-order chi connectivity index (χ0) is 23.5. The Labute approximate surface area is 241 Å². The van der Waals surface area contributed by atoms with Gasteiger partial charge in [-0.05, 0) is 37.3 Å². The molecular weight excluding hydrogens is 551 g/mol. The third-order valence-electron chi connectivity index (χ3n) is 6.23. The number of benzene rings is 1. The molecule has 0 spiro atoms. The molecule has 2 radical (unpaired) electrons. The molecule has 1 aromatic rings. The SMILES string of the molecule is [Cu].[Cu].c1cc(CN2CC[N-]CCC[N-]CC[N-]CC2)ccc1CN1CC[N-]CCC[N-]CC[N-]CC1. The van der Waals surface area contributed by atoms with Crippen LogP contribution in [0.25, 0.3) is 31.9 Å². The molecule has 2 aliphatic heterocycles. The van der Waals surface area contributed by atoms with Gasteiger partial charge in [0.2, 0.25) is 0 Å². The zero-order valence-electron chi connectivity index (χ0n) is 21.6. The molecule has 0 amide bonds. The average Bonchev–Trinajstić information content (AvgIpc) is 2.89. The van der Waals surface area contributed by atoms with Gasteiger partial charge in [0.15, 0.2) is 0 Å². The Hall–Kier alpha value is -0.0610. The minimum atomic E-state index is 0. The van der Waals surface area contributed by atoms with Gasteiger partial charge in [0.1, 0.15) is 0 Å². The van der Waals surface area contributed by atoms with Gasteiger partial charge in [-0.1, -0.05) is 37.1 Å². The van der Waals surface area contributed by atoms with Crippen LogP contribution >= 0.6 is 0 Å². The normalized spacial score (nSPS) is 21.6. The van der Waals surface area contributed by atoms with E-state index in [0.717, 1.165) is 131 Å². The quantitative estimate of drug-likeness (QED) is 0.485. The van der Waals surface area contributed by atoms with Crippen LogP contribution in [0.3, 0.4) is 0 Å². The number of rotatable bonds is 4. The van der Waals surface area contributed by atoms with Crippen LogP contribution in [0.2, 0.25) is 0 Å². The van der Waals surface area contributed by atoms with Crippen molar-refractivity contribution in [1.29, 1.82) is 0 Å². The smallest absolute Gasteiger partial charge is 0.0232 e. The van der Waals surface area contributed by atoms with Crippen molar-refractivity contribution >= 4 is 0 Å². The predicted octanol–water partition coefficient (Wildman–Crippen LogP) is 4.34. The van der Waals surface area contributed by atoms with Crippen LogP contribution in [-0.4, -0.2) is 115 Å². The van der Waals surface area contributed by atoms with Gasteiger partial charge >= 0.3 is 0 Å². The second-order valence-electron chi connectivity index (χ2n) is 9.10. The number of nitrogens with zero attached hydrogens (tertiary/aromatic N) is 8. The van der Waals surface area contributed by atoms with Crippen LogP contribution in [0.15, 0.2) is 24.3 Å². The van der Waals surface area contributed by atoms with Crippen molar-refractivity contribution < 1.29 is 34.1 Å². The Bertz CT molecular complexity index is 541. The molecule has 3 rings (SSSR count). The van der Waals surface area contributed by atoms with Gasteiger partial charge in [0.25, 0.3) is 0 Å². The van der Waals surface area contributed by atoms with Gasteiger partial charge < -0.3 is 41.7 Å². The van der Waals surface area contributed by atoms with E-state index in [1.54, 1.807) is 0 Å². The van der Waals surface area contributed by atoms with E-state index in [-0.39, 0.29) is 34.1 Å².